The molecule has 3 rings (SSSR count). The van der Waals surface area contributed by atoms with Gasteiger partial charge in [0.25, 0.3) is 0 Å². The molecule has 0 unspecified atom stereocenters. The third-order valence-corrected chi connectivity index (χ3v) is 4.41. The van der Waals surface area contributed by atoms with Crippen LogP contribution >= 0.6 is 0 Å². The molecule has 2 N–H and O–H groups in total. The first kappa shape index (κ1) is 16.9. The Labute approximate surface area is 148 Å². The summed E-state index contributed by atoms with van der Waals surface area (Å²) >= 11 is 0. The number of hydrogen-bond donors (Lipinski definition) is 2. The van der Waals surface area contributed by atoms with Crippen LogP contribution < -0.4 is 5.32 Å². The second-order valence-electron chi connectivity index (χ2n) is 6.13. The lowest BCUT2D eigenvalue weighted by Gasteiger charge is -2.32. The summed E-state index contributed by atoms with van der Waals surface area (Å²) in [5.74, 6) is -0.919. The molecule has 0 aliphatic heterocycles. The molecule has 0 radical (unpaired) electrons. The zero-order valence-corrected chi connectivity index (χ0v) is 14.1. The molecular weight excluding hydrogens is 310 g/mol. The third-order valence-electron chi connectivity index (χ3n) is 4.41. The zero-order chi connectivity index (χ0) is 17.7. The van der Waals surface area contributed by atoms with E-state index >= 15 is 0 Å². The van der Waals surface area contributed by atoms with Crippen LogP contribution in [-0.2, 0) is 16.9 Å². The van der Waals surface area contributed by atoms with Crippen LogP contribution in [0.5, 0.6) is 0 Å². The summed E-state index contributed by atoms with van der Waals surface area (Å²) in [5, 5.41) is 13.5. The fourth-order valence-corrected chi connectivity index (χ4v) is 3.01. The highest BCUT2D eigenvalue weighted by Gasteiger charge is 2.41. The fourth-order valence-electron chi connectivity index (χ4n) is 3.01. The Balaban J connectivity index is 2.04. The first-order valence-corrected chi connectivity index (χ1v) is 8.28. The topological polar surface area (TPSA) is 49.3 Å². The third kappa shape index (κ3) is 3.47. The molecule has 0 aromatic heterocycles. The van der Waals surface area contributed by atoms with E-state index < -0.39 is 11.5 Å². The van der Waals surface area contributed by atoms with Crippen LogP contribution in [0.4, 0.5) is 0 Å². The van der Waals surface area contributed by atoms with Gasteiger partial charge in [-0.3, -0.25) is 5.32 Å². The number of aryl methyl sites for hydroxylation is 1. The number of carboxylic acids is 1. The molecule has 0 saturated carbocycles. The highest BCUT2D eigenvalue weighted by molar-refractivity contribution is 5.85. The largest absolute Gasteiger partial charge is 0.479 e. The fraction of sp³-hybridized carbons (Fsp3) is 0.136. The average Bonchev–Trinajstić information content (AvgIpc) is 2.65. The number of carbonyl (C=O) groups is 1. The van der Waals surface area contributed by atoms with Crippen molar-refractivity contribution in [3.63, 3.8) is 0 Å². The molecule has 3 aromatic carbocycles. The quantitative estimate of drug-likeness (QED) is 0.714. The predicted octanol–water partition coefficient (Wildman–Crippen LogP) is 4.11. The van der Waals surface area contributed by atoms with Crippen LogP contribution in [0.25, 0.3) is 0 Å². The zero-order valence-electron chi connectivity index (χ0n) is 14.1. The number of rotatable bonds is 6. The minimum atomic E-state index is -1.30. The van der Waals surface area contributed by atoms with Crippen molar-refractivity contribution in [2.75, 3.05) is 0 Å². The van der Waals surface area contributed by atoms with Gasteiger partial charge in [0.15, 0.2) is 5.54 Å². The first-order chi connectivity index (χ1) is 12.1. The molecule has 0 heterocycles. The monoisotopic (exact) mass is 331 g/mol. The summed E-state index contributed by atoms with van der Waals surface area (Å²) in [6, 6.07) is 26.7. The lowest BCUT2D eigenvalue weighted by atomic mass is 9.82. The van der Waals surface area contributed by atoms with Crippen molar-refractivity contribution in [1.82, 2.24) is 5.32 Å². The van der Waals surface area contributed by atoms with Gasteiger partial charge in [-0.25, -0.2) is 4.79 Å². The summed E-state index contributed by atoms with van der Waals surface area (Å²) in [5.41, 5.74) is 2.34. The van der Waals surface area contributed by atoms with E-state index in [0.29, 0.717) is 17.7 Å². The maximum atomic E-state index is 12.4. The van der Waals surface area contributed by atoms with E-state index in [9.17, 15) is 9.90 Å². The standard InChI is InChI=1S/C22H21NO2/c1-17-12-14-18(15-13-17)16-23-22(21(24)25,19-8-4-2-5-9-19)20-10-6-3-7-11-20/h2-15,23H,16H2,1H3,(H,24,25). The number of benzene rings is 3. The number of carboxylic acid groups (broad SMARTS) is 1. The van der Waals surface area contributed by atoms with Gasteiger partial charge in [-0.1, -0.05) is 90.5 Å². The number of hydrogen-bond acceptors (Lipinski definition) is 2. The van der Waals surface area contributed by atoms with Crippen molar-refractivity contribution in [2.45, 2.75) is 19.0 Å². The van der Waals surface area contributed by atoms with Crippen LogP contribution in [0.3, 0.4) is 0 Å². The van der Waals surface area contributed by atoms with E-state index in [1.165, 1.54) is 5.56 Å². The molecule has 0 atom stereocenters. The van der Waals surface area contributed by atoms with Crippen molar-refractivity contribution in [3.05, 3.63) is 107 Å². The van der Waals surface area contributed by atoms with Gasteiger partial charge in [-0.05, 0) is 23.6 Å². The molecule has 0 aliphatic rings. The van der Waals surface area contributed by atoms with E-state index in [0.717, 1.165) is 5.56 Å². The Morgan fingerprint density at radius 3 is 1.76 bits per heavy atom. The van der Waals surface area contributed by atoms with Crippen molar-refractivity contribution in [2.24, 2.45) is 0 Å². The molecule has 3 aromatic rings. The first-order valence-electron chi connectivity index (χ1n) is 8.28. The van der Waals surface area contributed by atoms with Crippen molar-refractivity contribution >= 4 is 5.97 Å². The predicted molar refractivity (Wildman–Crippen MR) is 99.3 cm³/mol. The van der Waals surface area contributed by atoms with E-state index in [-0.39, 0.29) is 0 Å². The Bertz CT molecular complexity index is 787. The number of nitrogens with one attached hydrogen (secondary N) is 1. The number of aliphatic carboxylic acids is 1. The molecule has 0 fully saturated rings. The highest BCUT2D eigenvalue weighted by Crippen LogP contribution is 2.30. The van der Waals surface area contributed by atoms with Crippen molar-refractivity contribution in [1.29, 1.82) is 0 Å². The summed E-state index contributed by atoms with van der Waals surface area (Å²) in [6.07, 6.45) is 0. The summed E-state index contributed by atoms with van der Waals surface area (Å²) in [6.45, 7) is 2.49. The van der Waals surface area contributed by atoms with Crippen LogP contribution in [0.2, 0.25) is 0 Å². The lowest BCUT2D eigenvalue weighted by Crippen LogP contribution is -2.49. The Morgan fingerprint density at radius 2 is 1.32 bits per heavy atom. The molecule has 0 amide bonds. The minimum absolute atomic E-state index is 0.455. The Morgan fingerprint density at radius 1 is 0.840 bits per heavy atom. The molecule has 0 aliphatic carbocycles. The average molecular weight is 331 g/mol. The van der Waals surface area contributed by atoms with E-state index in [2.05, 4.69) is 5.32 Å². The van der Waals surface area contributed by atoms with Crippen molar-refractivity contribution < 1.29 is 9.90 Å². The van der Waals surface area contributed by atoms with Gasteiger partial charge in [-0.15, -0.1) is 0 Å². The normalized spacial score (nSPS) is 11.2. The van der Waals surface area contributed by atoms with Gasteiger partial charge in [0.1, 0.15) is 0 Å². The van der Waals surface area contributed by atoms with Gasteiger partial charge in [0, 0.05) is 6.54 Å². The van der Waals surface area contributed by atoms with Crippen LogP contribution in [0.15, 0.2) is 84.9 Å². The molecule has 0 spiro atoms. The van der Waals surface area contributed by atoms with Gasteiger partial charge in [-0.2, -0.15) is 0 Å². The summed E-state index contributed by atoms with van der Waals surface area (Å²) in [4.78, 5) is 12.4. The van der Waals surface area contributed by atoms with E-state index in [1.54, 1.807) is 0 Å². The lowest BCUT2D eigenvalue weighted by molar-refractivity contribution is -0.143. The molecule has 0 bridgehead atoms. The smallest absolute Gasteiger partial charge is 0.333 e. The van der Waals surface area contributed by atoms with Crippen LogP contribution in [-0.4, -0.2) is 11.1 Å². The van der Waals surface area contributed by atoms with E-state index in [4.69, 9.17) is 0 Å². The van der Waals surface area contributed by atoms with Crippen LogP contribution in [0, 0.1) is 6.92 Å². The second kappa shape index (κ2) is 7.32. The summed E-state index contributed by atoms with van der Waals surface area (Å²) < 4.78 is 0. The maximum absolute atomic E-state index is 12.4. The molecule has 25 heavy (non-hydrogen) atoms. The molecule has 3 heteroatoms. The van der Waals surface area contributed by atoms with Crippen LogP contribution in [0.1, 0.15) is 22.3 Å². The Kier molecular flexibility index (Phi) is 4.96. The minimum Gasteiger partial charge on any atom is -0.479 e. The van der Waals surface area contributed by atoms with Gasteiger partial charge >= 0.3 is 5.97 Å². The van der Waals surface area contributed by atoms with Gasteiger partial charge in [0.05, 0.1) is 0 Å². The van der Waals surface area contributed by atoms with Crippen molar-refractivity contribution in [3.8, 4) is 0 Å². The van der Waals surface area contributed by atoms with E-state index in [1.807, 2.05) is 91.9 Å². The molecule has 3 nitrogen and oxygen atoms in total. The second-order valence-corrected chi connectivity index (χ2v) is 6.13. The van der Waals surface area contributed by atoms with Gasteiger partial charge < -0.3 is 5.11 Å². The highest BCUT2D eigenvalue weighted by atomic mass is 16.4. The summed E-state index contributed by atoms with van der Waals surface area (Å²) in [7, 11) is 0. The Hall–Kier alpha value is -2.91. The van der Waals surface area contributed by atoms with Gasteiger partial charge in [0.2, 0.25) is 0 Å². The maximum Gasteiger partial charge on any atom is 0.333 e. The molecule has 0 saturated heterocycles. The molecule has 126 valence electrons. The molecular formula is C22H21NO2. The SMILES string of the molecule is Cc1ccc(CNC(C(=O)O)(c2ccccc2)c2ccccc2)cc1.